The molecule has 1 aliphatic rings. The van der Waals surface area contributed by atoms with Gasteiger partial charge in [-0.15, -0.1) is 0 Å². The van der Waals surface area contributed by atoms with Gasteiger partial charge in [0.2, 0.25) is 0 Å². The molecule has 0 N–H and O–H groups in total. The van der Waals surface area contributed by atoms with Gasteiger partial charge in [0.15, 0.2) is 0 Å². The number of likely N-dealkylation sites (N-methyl/N-ethyl adjacent to an activating group) is 1. The van der Waals surface area contributed by atoms with Crippen molar-refractivity contribution in [2.45, 2.75) is 45.2 Å². The minimum atomic E-state index is -0.570. The molecule has 0 radical (unpaired) electrons. The fourth-order valence-corrected chi connectivity index (χ4v) is 2.90. The van der Waals surface area contributed by atoms with Gasteiger partial charge in [-0.3, -0.25) is 4.79 Å². The number of aromatic nitrogens is 2. The fraction of sp³-hybridized carbons (Fsp3) is 0.647. The first kappa shape index (κ1) is 18.3. The molecule has 1 fully saturated rings. The molecule has 1 aromatic rings. The number of carbonyl (C=O) groups is 2. The van der Waals surface area contributed by atoms with Crippen LogP contribution in [0.25, 0.3) is 0 Å². The fourth-order valence-electron chi connectivity index (χ4n) is 2.90. The van der Waals surface area contributed by atoms with Crippen molar-refractivity contribution in [1.82, 2.24) is 19.8 Å². The zero-order valence-corrected chi connectivity index (χ0v) is 15.2. The zero-order valence-electron chi connectivity index (χ0n) is 15.2. The average Bonchev–Trinajstić information content (AvgIpc) is 2.98. The summed E-state index contributed by atoms with van der Waals surface area (Å²) in [5.74, 6) is 0.300. The summed E-state index contributed by atoms with van der Waals surface area (Å²) in [5.41, 5.74) is 1.07. The van der Waals surface area contributed by atoms with Crippen LogP contribution in [-0.2, 0) is 9.53 Å². The van der Waals surface area contributed by atoms with Gasteiger partial charge in [-0.05, 0) is 27.4 Å². The summed E-state index contributed by atoms with van der Waals surface area (Å²) in [7, 11) is 5.23. The van der Waals surface area contributed by atoms with E-state index in [1.807, 2.05) is 32.8 Å². The molecule has 7 heteroatoms. The van der Waals surface area contributed by atoms with Crippen LogP contribution >= 0.6 is 0 Å². The lowest BCUT2D eigenvalue weighted by molar-refractivity contribution is -0.145. The zero-order chi connectivity index (χ0) is 18.0. The van der Waals surface area contributed by atoms with Crippen LogP contribution in [0.1, 0.15) is 48.1 Å². The Bertz CT molecular complexity index is 630. The quantitative estimate of drug-likeness (QED) is 0.771. The third-order valence-corrected chi connectivity index (χ3v) is 4.49. The van der Waals surface area contributed by atoms with Gasteiger partial charge in [0.25, 0.3) is 5.91 Å². The molecule has 132 valence electrons. The summed E-state index contributed by atoms with van der Waals surface area (Å²) in [5, 5.41) is 0. The Balaban J connectivity index is 2.31. The van der Waals surface area contributed by atoms with Gasteiger partial charge >= 0.3 is 5.97 Å². The summed E-state index contributed by atoms with van der Waals surface area (Å²) in [4.78, 5) is 37.4. The molecule has 0 aromatic carbocycles. The van der Waals surface area contributed by atoms with E-state index in [0.29, 0.717) is 30.0 Å². The summed E-state index contributed by atoms with van der Waals surface area (Å²) in [6.45, 7) is 6.29. The van der Waals surface area contributed by atoms with E-state index < -0.39 is 6.04 Å². The molecule has 24 heavy (non-hydrogen) atoms. The normalized spacial score (nSPS) is 20.8. The largest absolute Gasteiger partial charge is 0.467 e. The van der Waals surface area contributed by atoms with Crippen LogP contribution in [0.5, 0.6) is 0 Å². The maximum Gasteiger partial charge on any atom is 0.328 e. The molecule has 2 atom stereocenters. The van der Waals surface area contributed by atoms with Gasteiger partial charge in [0.1, 0.15) is 11.9 Å². The van der Waals surface area contributed by atoms with Crippen LogP contribution in [0.4, 0.5) is 0 Å². The Hall–Kier alpha value is -2.02. The summed E-state index contributed by atoms with van der Waals surface area (Å²) in [6, 6.07) is -0.451. The molecule has 1 aromatic heterocycles. The van der Waals surface area contributed by atoms with Crippen LogP contribution in [0.2, 0.25) is 0 Å². The van der Waals surface area contributed by atoms with Gasteiger partial charge in [0, 0.05) is 24.7 Å². The average molecular weight is 334 g/mol. The van der Waals surface area contributed by atoms with Crippen molar-refractivity contribution >= 4 is 11.9 Å². The van der Waals surface area contributed by atoms with Crippen molar-refractivity contribution in [3.05, 3.63) is 23.3 Å². The van der Waals surface area contributed by atoms with E-state index in [-0.39, 0.29) is 23.8 Å². The highest BCUT2D eigenvalue weighted by atomic mass is 16.5. The van der Waals surface area contributed by atoms with Gasteiger partial charge < -0.3 is 14.5 Å². The SMILES string of the molecule is COC(=O)[C@@H]1C[C@@H](N(C)C)CN1C(=O)c1cnc(C(C)C)nc1C. The molecule has 2 rings (SSSR count). The highest BCUT2D eigenvalue weighted by Gasteiger charge is 2.41. The predicted octanol–water partition coefficient (Wildman–Crippen LogP) is 1.23. The number of ether oxygens (including phenoxy) is 1. The molecule has 0 spiro atoms. The predicted molar refractivity (Wildman–Crippen MR) is 89.8 cm³/mol. The Kier molecular flexibility index (Phi) is 5.54. The minimum absolute atomic E-state index is 0.120. The van der Waals surface area contributed by atoms with Gasteiger partial charge in [-0.1, -0.05) is 13.8 Å². The number of carbonyl (C=O) groups excluding carboxylic acids is 2. The lowest BCUT2D eigenvalue weighted by atomic mass is 10.1. The van der Waals surface area contributed by atoms with Crippen LogP contribution in [0, 0.1) is 6.92 Å². The summed E-state index contributed by atoms with van der Waals surface area (Å²) < 4.78 is 4.88. The third-order valence-electron chi connectivity index (χ3n) is 4.49. The number of hydrogen-bond acceptors (Lipinski definition) is 6. The van der Waals surface area contributed by atoms with E-state index in [1.54, 1.807) is 18.0 Å². The molecule has 7 nitrogen and oxygen atoms in total. The van der Waals surface area contributed by atoms with Crippen molar-refractivity contribution in [3.8, 4) is 0 Å². The number of methoxy groups -OCH3 is 1. The summed E-state index contributed by atoms with van der Waals surface area (Å²) in [6.07, 6.45) is 2.13. The van der Waals surface area contributed by atoms with Gasteiger partial charge in [-0.2, -0.15) is 0 Å². The molecule has 1 amide bonds. The van der Waals surface area contributed by atoms with Gasteiger partial charge in [0.05, 0.1) is 18.4 Å². The van der Waals surface area contributed by atoms with Gasteiger partial charge in [-0.25, -0.2) is 14.8 Å². The number of nitrogens with zero attached hydrogens (tertiary/aromatic N) is 4. The molecule has 2 heterocycles. The first-order chi connectivity index (χ1) is 11.3. The van der Waals surface area contributed by atoms with Crippen molar-refractivity contribution in [1.29, 1.82) is 0 Å². The molecular formula is C17H26N4O3. The number of aryl methyl sites for hydroxylation is 1. The Morgan fingerprint density at radius 2 is 2.04 bits per heavy atom. The number of likely N-dealkylation sites (tertiary alicyclic amines) is 1. The molecule has 0 bridgehead atoms. The second-order valence-electron chi connectivity index (χ2n) is 6.73. The van der Waals surface area contributed by atoms with Crippen LogP contribution in [0.3, 0.4) is 0 Å². The highest BCUT2D eigenvalue weighted by Crippen LogP contribution is 2.25. The van der Waals surface area contributed by atoms with Crippen molar-refractivity contribution in [3.63, 3.8) is 0 Å². The maximum absolute atomic E-state index is 13.0. The second-order valence-corrected chi connectivity index (χ2v) is 6.73. The van der Waals surface area contributed by atoms with Crippen molar-refractivity contribution < 1.29 is 14.3 Å². The van der Waals surface area contributed by atoms with E-state index in [0.717, 1.165) is 0 Å². The topological polar surface area (TPSA) is 75.6 Å². The van der Waals surface area contributed by atoms with Crippen molar-refractivity contribution in [2.75, 3.05) is 27.7 Å². The van der Waals surface area contributed by atoms with Crippen LogP contribution < -0.4 is 0 Å². The third kappa shape index (κ3) is 3.56. The van der Waals surface area contributed by atoms with Crippen molar-refractivity contribution in [2.24, 2.45) is 0 Å². The smallest absolute Gasteiger partial charge is 0.328 e. The van der Waals surface area contributed by atoms with Crippen LogP contribution in [0.15, 0.2) is 6.20 Å². The Labute approximate surface area is 143 Å². The molecule has 0 unspecified atom stereocenters. The maximum atomic E-state index is 13.0. The number of amides is 1. The van der Waals surface area contributed by atoms with E-state index >= 15 is 0 Å². The molecule has 0 aliphatic carbocycles. The van der Waals surface area contributed by atoms with E-state index in [1.165, 1.54) is 7.11 Å². The van der Waals surface area contributed by atoms with Crippen LogP contribution in [-0.4, -0.2) is 71.5 Å². The first-order valence-electron chi connectivity index (χ1n) is 8.15. The lowest BCUT2D eigenvalue weighted by Crippen LogP contribution is -2.42. The minimum Gasteiger partial charge on any atom is -0.467 e. The molecule has 0 saturated carbocycles. The monoisotopic (exact) mass is 334 g/mol. The van der Waals surface area contributed by atoms with E-state index in [2.05, 4.69) is 9.97 Å². The number of esters is 1. The van der Waals surface area contributed by atoms with E-state index in [4.69, 9.17) is 4.74 Å². The highest BCUT2D eigenvalue weighted by molar-refractivity contribution is 5.97. The number of hydrogen-bond donors (Lipinski definition) is 0. The summed E-state index contributed by atoms with van der Waals surface area (Å²) >= 11 is 0. The number of rotatable bonds is 4. The first-order valence-corrected chi connectivity index (χ1v) is 8.15. The Morgan fingerprint density at radius 3 is 2.54 bits per heavy atom. The Morgan fingerprint density at radius 1 is 1.38 bits per heavy atom. The lowest BCUT2D eigenvalue weighted by Gasteiger charge is -2.23. The second kappa shape index (κ2) is 7.25. The molecule has 1 aliphatic heterocycles. The van der Waals surface area contributed by atoms with E-state index in [9.17, 15) is 9.59 Å². The standard InChI is InChI=1S/C17H26N4O3/c1-10(2)15-18-8-13(11(3)19-15)16(22)21-9-12(20(4)5)7-14(21)17(23)24-6/h8,10,12,14H,7,9H2,1-6H3/t12-,14+/m1/s1. The molecule has 1 saturated heterocycles. The molecular weight excluding hydrogens is 308 g/mol.